The zero-order valence-corrected chi connectivity index (χ0v) is 9.35. The van der Waals surface area contributed by atoms with Crippen molar-refractivity contribution < 1.29 is 13.5 Å². The first-order valence-corrected chi connectivity index (χ1v) is 4.66. The van der Waals surface area contributed by atoms with E-state index < -0.39 is 12.0 Å². The van der Waals surface area contributed by atoms with E-state index >= 15 is 0 Å². The lowest BCUT2D eigenvalue weighted by atomic mass is 9.91. The quantitative estimate of drug-likeness (QED) is 0.741. The Morgan fingerprint density at radius 2 is 2.00 bits per heavy atom. The Hall–Kier alpha value is -0.970. The van der Waals surface area contributed by atoms with Crippen molar-refractivity contribution in [1.29, 1.82) is 0 Å². The van der Waals surface area contributed by atoms with Crippen LogP contribution in [0.1, 0.15) is 26.5 Å². The van der Waals surface area contributed by atoms with Gasteiger partial charge < -0.3 is 4.74 Å². The van der Waals surface area contributed by atoms with Crippen LogP contribution in [0.4, 0.5) is 8.78 Å². The first-order valence-electron chi connectivity index (χ1n) is 4.28. The second-order valence-electron chi connectivity index (χ2n) is 3.98. The van der Waals surface area contributed by atoms with Crippen molar-refractivity contribution in [3.63, 3.8) is 0 Å². The van der Waals surface area contributed by atoms with Crippen molar-refractivity contribution in [1.82, 2.24) is 9.97 Å². The van der Waals surface area contributed by atoms with Crippen molar-refractivity contribution in [2.75, 3.05) is 0 Å². The van der Waals surface area contributed by atoms with Crippen LogP contribution in [0.3, 0.4) is 0 Å². The maximum Gasteiger partial charge on any atom is 0.387 e. The summed E-state index contributed by atoms with van der Waals surface area (Å²) in [6.07, 6.45) is 1.15. The molecule has 84 valence electrons. The van der Waals surface area contributed by atoms with Gasteiger partial charge in [-0.2, -0.15) is 8.78 Å². The normalized spacial score (nSPS) is 11.9. The molecule has 1 aromatic rings. The second-order valence-corrected chi connectivity index (χ2v) is 4.32. The molecule has 1 heterocycles. The van der Waals surface area contributed by atoms with Crippen LogP contribution >= 0.6 is 11.6 Å². The van der Waals surface area contributed by atoms with E-state index in [0.29, 0.717) is 5.69 Å². The summed E-state index contributed by atoms with van der Waals surface area (Å²) in [4.78, 5) is 7.50. The zero-order chi connectivity index (χ0) is 11.6. The van der Waals surface area contributed by atoms with Gasteiger partial charge in [-0.1, -0.05) is 20.8 Å². The van der Waals surface area contributed by atoms with Gasteiger partial charge in [-0.15, -0.1) is 0 Å². The van der Waals surface area contributed by atoms with Gasteiger partial charge in [0, 0.05) is 5.41 Å². The maximum absolute atomic E-state index is 12.1. The maximum atomic E-state index is 12.1. The molecule has 0 aliphatic rings. The lowest BCUT2D eigenvalue weighted by Gasteiger charge is -2.20. The molecule has 6 heteroatoms. The molecule has 3 nitrogen and oxygen atoms in total. The average molecular weight is 237 g/mol. The number of halogens is 3. The molecule has 0 aliphatic heterocycles. The first kappa shape index (κ1) is 12.1. The Bertz CT molecular complexity index is 352. The summed E-state index contributed by atoms with van der Waals surface area (Å²) in [5.41, 5.74) is -0.0700. The molecule has 0 unspecified atom stereocenters. The van der Waals surface area contributed by atoms with Crippen LogP contribution in [0.5, 0.6) is 5.75 Å². The minimum atomic E-state index is -2.89. The molecule has 0 aliphatic carbocycles. The summed E-state index contributed by atoms with van der Waals surface area (Å²) in [5.74, 6) is -0.0399. The Balaban J connectivity index is 3.15. The van der Waals surface area contributed by atoms with Crippen LogP contribution in [0, 0.1) is 0 Å². The molecule has 0 aromatic carbocycles. The Morgan fingerprint density at radius 3 is 2.47 bits per heavy atom. The van der Waals surface area contributed by atoms with Gasteiger partial charge in [0.05, 0.1) is 11.9 Å². The molecule has 0 saturated carbocycles. The summed E-state index contributed by atoms with van der Waals surface area (Å²) >= 11 is 5.59. The Labute approximate surface area is 91.4 Å². The number of alkyl halides is 2. The number of rotatable bonds is 2. The summed E-state index contributed by atoms with van der Waals surface area (Å²) in [6, 6.07) is 0. The minimum absolute atomic E-state index is 0.0153. The number of hydrogen-bond acceptors (Lipinski definition) is 3. The number of ether oxygens (including phenoxy) is 1. The van der Waals surface area contributed by atoms with E-state index in [1.54, 1.807) is 0 Å². The molecule has 0 bridgehead atoms. The lowest BCUT2D eigenvalue weighted by molar-refractivity contribution is -0.0514. The van der Waals surface area contributed by atoms with E-state index in [4.69, 9.17) is 11.6 Å². The largest absolute Gasteiger partial charge is 0.431 e. The summed E-state index contributed by atoms with van der Waals surface area (Å²) in [5, 5.41) is 0.0153. The Kier molecular flexibility index (Phi) is 3.44. The van der Waals surface area contributed by atoms with E-state index in [0.717, 1.165) is 6.20 Å². The Morgan fingerprint density at radius 1 is 1.40 bits per heavy atom. The molecular weight excluding hydrogens is 226 g/mol. The van der Waals surface area contributed by atoms with Crippen LogP contribution in [-0.2, 0) is 5.41 Å². The molecule has 1 rings (SSSR count). The highest BCUT2D eigenvalue weighted by Crippen LogP contribution is 2.30. The van der Waals surface area contributed by atoms with Crippen LogP contribution < -0.4 is 4.74 Å². The van der Waals surface area contributed by atoms with Gasteiger partial charge in [-0.25, -0.2) is 9.97 Å². The molecule has 0 spiro atoms. The molecule has 0 radical (unpaired) electrons. The lowest BCUT2D eigenvalue weighted by Crippen LogP contribution is -2.17. The van der Waals surface area contributed by atoms with Gasteiger partial charge in [0.25, 0.3) is 0 Å². The van der Waals surface area contributed by atoms with Gasteiger partial charge in [0.2, 0.25) is 5.28 Å². The smallest absolute Gasteiger partial charge is 0.387 e. The van der Waals surface area contributed by atoms with Crippen molar-refractivity contribution >= 4 is 11.6 Å². The number of aromatic nitrogens is 2. The van der Waals surface area contributed by atoms with E-state index in [9.17, 15) is 8.78 Å². The van der Waals surface area contributed by atoms with Gasteiger partial charge >= 0.3 is 6.61 Å². The molecule has 0 saturated heterocycles. The standard InChI is InChI=1S/C9H11ClF2N2O/c1-9(2,3)6-5(15-8(11)12)4-13-7(10)14-6/h4,8H,1-3H3. The highest BCUT2D eigenvalue weighted by Gasteiger charge is 2.23. The van der Waals surface area contributed by atoms with Gasteiger partial charge in [0.15, 0.2) is 5.75 Å². The van der Waals surface area contributed by atoms with Crippen LogP contribution in [0.2, 0.25) is 5.28 Å². The summed E-state index contributed by atoms with van der Waals surface area (Å²) in [6.45, 7) is 2.58. The molecule has 0 N–H and O–H groups in total. The zero-order valence-electron chi connectivity index (χ0n) is 8.59. The topological polar surface area (TPSA) is 35.0 Å². The van der Waals surface area contributed by atoms with Gasteiger partial charge in [-0.3, -0.25) is 0 Å². The fraction of sp³-hybridized carbons (Fsp3) is 0.556. The fourth-order valence-corrected chi connectivity index (χ4v) is 1.20. The third-order valence-corrected chi connectivity index (χ3v) is 1.83. The van der Waals surface area contributed by atoms with Crippen molar-refractivity contribution in [2.24, 2.45) is 0 Å². The highest BCUT2D eigenvalue weighted by molar-refractivity contribution is 6.28. The molecular formula is C9H11ClF2N2O. The second kappa shape index (κ2) is 4.26. The summed E-state index contributed by atoms with van der Waals surface area (Å²) < 4.78 is 28.5. The number of nitrogens with zero attached hydrogens (tertiary/aromatic N) is 2. The van der Waals surface area contributed by atoms with E-state index in [1.165, 1.54) is 0 Å². The van der Waals surface area contributed by atoms with E-state index in [2.05, 4.69) is 14.7 Å². The molecule has 15 heavy (non-hydrogen) atoms. The molecule has 1 aromatic heterocycles. The SMILES string of the molecule is CC(C)(C)c1nc(Cl)ncc1OC(F)F. The molecule has 0 atom stereocenters. The summed E-state index contributed by atoms with van der Waals surface area (Å²) in [7, 11) is 0. The van der Waals surface area contributed by atoms with Crippen LogP contribution in [-0.4, -0.2) is 16.6 Å². The van der Waals surface area contributed by atoms with Crippen molar-refractivity contribution in [3.8, 4) is 5.75 Å². The third-order valence-electron chi connectivity index (χ3n) is 1.65. The number of hydrogen-bond donors (Lipinski definition) is 0. The van der Waals surface area contributed by atoms with E-state index in [1.807, 2.05) is 20.8 Å². The van der Waals surface area contributed by atoms with Crippen LogP contribution in [0.25, 0.3) is 0 Å². The molecule has 0 amide bonds. The van der Waals surface area contributed by atoms with Crippen molar-refractivity contribution in [2.45, 2.75) is 32.8 Å². The predicted molar refractivity (Wildman–Crippen MR) is 52.4 cm³/mol. The predicted octanol–water partition coefficient (Wildman–Crippen LogP) is 3.03. The third kappa shape index (κ3) is 3.27. The van der Waals surface area contributed by atoms with Crippen molar-refractivity contribution in [3.05, 3.63) is 17.2 Å². The van der Waals surface area contributed by atoms with E-state index in [-0.39, 0.29) is 11.0 Å². The van der Waals surface area contributed by atoms with Gasteiger partial charge in [-0.05, 0) is 11.6 Å². The monoisotopic (exact) mass is 236 g/mol. The minimum Gasteiger partial charge on any atom is -0.431 e. The van der Waals surface area contributed by atoms with Crippen LogP contribution in [0.15, 0.2) is 6.20 Å². The van der Waals surface area contributed by atoms with Gasteiger partial charge in [0.1, 0.15) is 0 Å². The fourth-order valence-electron chi connectivity index (χ4n) is 1.07. The molecule has 0 fully saturated rings. The highest BCUT2D eigenvalue weighted by atomic mass is 35.5. The average Bonchev–Trinajstić information content (AvgIpc) is 2.05. The first-order chi connectivity index (χ1) is 6.80.